The van der Waals surface area contributed by atoms with Crippen LogP contribution in [0.5, 0.6) is 0 Å². The SMILES string of the molecule is CCCc1ccc(-c2ccccc2C(=O)N2CCC(NS(C)(=O)=O)C2C(=O)NO)cc1. The van der Waals surface area contributed by atoms with E-state index in [1.807, 2.05) is 36.4 Å². The highest BCUT2D eigenvalue weighted by Gasteiger charge is 2.43. The van der Waals surface area contributed by atoms with Gasteiger partial charge in [0.1, 0.15) is 6.04 Å². The second-order valence-corrected chi connectivity index (χ2v) is 9.48. The summed E-state index contributed by atoms with van der Waals surface area (Å²) in [6, 6.07) is 13.1. The number of aryl methyl sites for hydroxylation is 1. The van der Waals surface area contributed by atoms with Gasteiger partial charge in [-0.05, 0) is 35.6 Å². The van der Waals surface area contributed by atoms with Gasteiger partial charge in [0.25, 0.3) is 11.8 Å². The lowest BCUT2D eigenvalue weighted by Crippen LogP contribution is -2.54. The van der Waals surface area contributed by atoms with E-state index in [4.69, 9.17) is 5.21 Å². The minimum Gasteiger partial charge on any atom is -0.325 e. The molecule has 0 saturated carbocycles. The quantitative estimate of drug-likeness (QED) is 0.445. The van der Waals surface area contributed by atoms with Crippen molar-refractivity contribution in [2.75, 3.05) is 12.8 Å². The highest BCUT2D eigenvalue weighted by molar-refractivity contribution is 7.88. The standard InChI is InChI=1S/C22H27N3O5S/c1-3-6-15-9-11-16(12-10-15)17-7-4-5-8-18(17)22(27)25-14-13-19(24-31(2,29)30)20(25)21(26)23-28/h4-5,7-12,19-20,24,28H,3,6,13-14H2,1-2H3,(H,23,26). The number of nitrogens with one attached hydrogen (secondary N) is 2. The Kier molecular flexibility index (Phi) is 7.09. The van der Waals surface area contributed by atoms with Crippen LogP contribution in [0.15, 0.2) is 48.5 Å². The number of amides is 2. The number of benzene rings is 2. The van der Waals surface area contributed by atoms with Crippen LogP contribution in [0, 0.1) is 0 Å². The second-order valence-electron chi connectivity index (χ2n) is 7.70. The molecule has 2 aromatic carbocycles. The van der Waals surface area contributed by atoms with Crippen molar-refractivity contribution in [2.45, 2.75) is 38.3 Å². The summed E-state index contributed by atoms with van der Waals surface area (Å²) in [6.45, 7) is 2.29. The van der Waals surface area contributed by atoms with Crippen LogP contribution in [0.3, 0.4) is 0 Å². The molecule has 0 radical (unpaired) electrons. The molecule has 2 aromatic rings. The monoisotopic (exact) mass is 445 g/mol. The van der Waals surface area contributed by atoms with Gasteiger partial charge in [-0.15, -0.1) is 0 Å². The van der Waals surface area contributed by atoms with E-state index < -0.39 is 33.9 Å². The van der Waals surface area contributed by atoms with Gasteiger partial charge in [0.15, 0.2) is 0 Å². The Morgan fingerprint density at radius 3 is 2.42 bits per heavy atom. The van der Waals surface area contributed by atoms with Gasteiger partial charge in [-0.3, -0.25) is 14.8 Å². The lowest BCUT2D eigenvalue weighted by atomic mass is 9.97. The molecule has 0 bridgehead atoms. The maximum absolute atomic E-state index is 13.4. The van der Waals surface area contributed by atoms with Gasteiger partial charge in [-0.2, -0.15) is 0 Å². The fourth-order valence-corrected chi connectivity index (χ4v) is 4.82. The summed E-state index contributed by atoms with van der Waals surface area (Å²) in [5, 5.41) is 9.17. The molecule has 0 aromatic heterocycles. The zero-order valence-electron chi connectivity index (χ0n) is 17.5. The molecule has 2 atom stereocenters. The predicted octanol–water partition coefficient (Wildman–Crippen LogP) is 1.94. The van der Waals surface area contributed by atoms with Crippen molar-refractivity contribution in [3.05, 3.63) is 59.7 Å². The second kappa shape index (κ2) is 9.59. The summed E-state index contributed by atoms with van der Waals surface area (Å²) in [6.07, 6.45) is 3.26. The number of carbonyl (C=O) groups excluding carboxylic acids is 2. The molecular formula is C22H27N3O5S. The number of nitrogens with zero attached hydrogens (tertiary/aromatic N) is 1. The number of hydrogen-bond donors (Lipinski definition) is 3. The Bertz CT molecular complexity index is 1050. The van der Waals surface area contributed by atoms with Crippen molar-refractivity contribution in [1.29, 1.82) is 0 Å². The average molecular weight is 446 g/mol. The minimum absolute atomic E-state index is 0.174. The Balaban J connectivity index is 1.94. The van der Waals surface area contributed by atoms with Gasteiger partial charge in [-0.1, -0.05) is 55.8 Å². The third-order valence-electron chi connectivity index (χ3n) is 5.36. The highest BCUT2D eigenvalue weighted by atomic mass is 32.2. The van der Waals surface area contributed by atoms with E-state index in [0.29, 0.717) is 5.56 Å². The third-order valence-corrected chi connectivity index (χ3v) is 6.10. The lowest BCUT2D eigenvalue weighted by molar-refractivity contribution is -0.133. The Morgan fingerprint density at radius 1 is 1.13 bits per heavy atom. The van der Waals surface area contributed by atoms with Crippen LogP contribution in [0.4, 0.5) is 0 Å². The van der Waals surface area contributed by atoms with Crippen LogP contribution in [-0.4, -0.2) is 55.2 Å². The molecule has 8 nitrogen and oxygen atoms in total. The molecule has 1 fully saturated rings. The largest absolute Gasteiger partial charge is 0.325 e. The molecule has 1 aliphatic rings. The van der Waals surface area contributed by atoms with E-state index in [0.717, 1.165) is 30.2 Å². The normalized spacial score (nSPS) is 18.7. The number of rotatable bonds is 7. The van der Waals surface area contributed by atoms with Gasteiger partial charge in [0, 0.05) is 12.1 Å². The van der Waals surface area contributed by atoms with Crippen molar-refractivity contribution in [3.63, 3.8) is 0 Å². The molecule has 0 aliphatic carbocycles. The molecule has 1 heterocycles. The highest BCUT2D eigenvalue weighted by Crippen LogP contribution is 2.28. The molecule has 9 heteroatoms. The summed E-state index contributed by atoms with van der Waals surface area (Å²) < 4.78 is 25.8. The first-order chi connectivity index (χ1) is 14.7. The first kappa shape index (κ1) is 22.9. The summed E-state index contributed by atoms with van der Waals surface area (Å²) in [4.78, 5) is 27.1. The Hall–Kier alpha value is -2.75. The number of carbonyl (C=O) groups is 2. The first-order valence-electron chi connectivity index (χ1n) is 10.2. The molecule has 1 saturated heterocycles. The Labute approximate surface area is 182 Å². The van der Waals surface area contributed by atoms with E-state index in [2.05, 4.69) is 11.6 Å². The zero-order valence-corrected chi connectivity index (χ0v) is 18.4. The van der Waals surface area contributed by atoms with Crippen molar-refractivity contribution in [1.82, 2.24) is 15.1 Å². The van der Waals surface area contributed by atoms with Crippen LogP contribution in [-0.2, 0) is 21.2 Å². The summed E-state index contributed by atoms with van der Waals surface area (Å²) in [5.74, 6) is -1.24. The van der Waals surface area contributed by atoms with Crippen molar-refractivity contribution in [3.8, 4) is 11.1 Å². The topological polar surface area (TPSA) is 116 Å². The lowest BCUT2D eigenvalue weighted by Gasteiger charge is -2.27. The van der Waals surface area contributed by atoms with E-state index in [9.17, 15) is 18.0 Å². The van der Waals surface area contributed by atoms with E-state index in [1.165, 1.54) is 10.5 Å². The predicted molar refractivity (Wildman–Crippen MR) is 117 cm³/mol. The number of sulfonamides is 1. The smallest absolute Gasteiger partial charge is 0.267 e. The number of likely N-dealkylation sites (tertiary alicyclic amines) is 1. The molecule has 3 N–H and O–H groups in total. The molecular weight excluding hydrogens is 418 g/mol. The molecule has 2 unspecified atom stereocenters. The van der Waals surface area contributed by atoms with E-state index in [-0.39, 0.29) is 13.0 Å². The molecule has 2 amide bonds. The molecule has 1 aliphatic heterocycles. The summed E-state index contributed by atoms with van der Waals surface area (Å²) in [7, 11) is -3.61. The van der Waals surface area contributed by atoms with Crippen LogP contribution < -0.4 is 10.2 Å². The van der Waals surface area contributed by atoms with Crippen molar-refractivity contribution in [2.24, 2.45) is 0 Å². The van der Waals surface area contributed by atoms with Gasteiger partial charge in [0.05, 0.1) is 12.3 Å². The first-order valence-corrected chi connectivity index (χ1v) is 12.0. The van der Waals surface area contributed by atoms with Crippen molar-refractivity contribution < 1.29 is 23.2 Å². The molecule has 31 heavy (non-hydrogen) atoms. The zero-order chi connectivity index (χ0) is 22.6. The maximum Gasteiger partial charge on any atom is 0.267 e. The fraction of sp³-hybridized carbons (Fsp3) is 0.364. The van der Waals surface area contributed by atoms with Gasteiger partial charge in [-0.25, -0.2) is 18.6 Å². The molecule has 3 rings (SSSR count). The molecule has 0 spiro atoms. The third kappa shape index (κ3) is 5.30. The van der Waals surface area contributed by atoms with Gasteiger partial charge in [0.2, 0.25) is 10.0 Å². The van der Waals surface area contributed by atoms with Gasteiger partial charge < -0.3 is 4.90 Å². The van der Waals surface area contributed by atoms with Crippen LogP contribution in [0.2, 0.25) is 0 Å². The van der Waals surface area contributed by atoms with Crippen LogP contribution in [0.25, 0.3) is 11.1 Å². The number of hydrogen-bond acceptors (Lipinski definition) is 5. The molecule has 166 valence electrons. The number of hydroxylamine groups is 1. The van der Waals surface area contributed by atoms with E-state index >= 15 is 0 Å². The van der Waals surface area contributed by atoms with Crippen molar-refractivity contribution >= 4 is 21.8 Å². The maximum atomic E-state index is 13.4. The average Bonchev–Trinajstić information content (AvgIpc) is 3.15. The van der Waals surface area contributed by atoms with E-state index in [1.54, 1.807) is 17.6 Å². The van der Waals surface area contributed by atoms with Gasteiger partial charge >= 0.3 is 0 Å². The fourth-order valence-electron chi connectivity index (χ4n) is 4.02. The minimum atomic E-state index is -3.61. The summed E-state index contributed by atoms with van der Waals surface area (Å²) >= 11 is 0. The van der Waals surface area contributed by atoms with Crippen LogP contribution >= 0.6 is 0 Å². The Morgan fingerprint density at radius 2 is 1.81 bits per heavy atom. The van der Waals surface area contributed by atoms with Crippen LogP contribution in [0.1, 0.15) is 35.7 Å². The summed E-state index contributed by atoms with van der Waals surface area (Å²) in [5.41, 5.74) is 4.76.